The highest BCUT2D eigenvalue weighted by Gasteiger charge is 2.42. The normalized spacial score (nSPS) is 26.1. The first-order valence-electron chi connectivity index (χ1n) is 6.07. The molecule has 0 bridgehead atoms. The van der Waals surface area contributed by atoms with Gasteiger partial charge in [-0.15, -0.1) is 0 Å². The fourth-order valence-electron chi connectivity index (χ4n) is 2.74. The van der Waals surface area contributed by atoms with Gasteiger partial charge in [-0.1, -0.05) is 40.0 Å². The van der Waals surface area contributed by atoms with Gasteiger partial charge in [0.15, 0.2) is 0 Å². The Balaban J connectivity index is 0.000000396. The van der Waals surface area contributed by atoms with Crippen molar-refractivity contribution in [3.63, 3.8) is 0 Å². The summed E-state index contributed by atoms with van der Waals surface area (Å²) in [6, 6.07) is 0. The Labute approximate surface area is 83.5 Å². The molecule has 13 heavy (non-hydrogen) atoms. The summed E-state index contributed by atoms with van der Waals surface area (Å²) >= 11 is 0. The van der Waals surface area contributed by atoms with Crippen molar-refractivity contribution in [3.8, 4) is 0 Å². The van der Waals surface area contributed by atoms with Crippen LogP contribution < -0.4 is 0 Å². The summed E-state index contributed by atoms with van der Waals surface area (Å²) in [5.74, 6) is 0. The van der Waals surface area contributed by atoms with Gasteiger partial charge < -0.3 is 4.90 Å². The van der Waals surface area contributed by atoms with E-state index in [1.54, 1.807) is 0 Å². The van der Waals surface area contributed by atoms with Crippen molar-refractivity contribution < 1.29 is 0 Å². The number of likely N-dealkylation sites (tertiary alicyclic amines) is 1. The minimum atomic E-state index is 0.800. The molecule has 0 aromatic heterocycles. The maximum atomic E-state index is 2.57. The molecule has 1 saturated heterocycles. The number of hydrogen-bond donors (Lipinski definition) is 0. The lowest BCUT2D eigenvalue weighted by Crippen LogP contribution is -2.56. The predicted octanol–water partition coefficient (Wildman–Crippen LogP) is 3.30. The lowest BCUT2D eigenvalue weighted by molar-refractivity contribution is -0.0240. The van der Waals surface area contributed by atoms with E-state index in [0.29, 0.717) is 0 Å². The Morgan fingerprint density at radius 3 is 2.00 bits per heavy atom. The Bertz CT molecular complexity index is 128. The molecule has 2 aliphatic rings. The molecule has 1 heteroatoms. The molecule has 0 N–H and O–H groups in total. The van der Waals surface area contributed by atoms with Crippen LogP contribution in [0.3, 0.4) is 0 Å². The van der Waals surface area contributed by atoms with Crippen LogP contribution in [0.25, 0.3) is 0 Å². The van der Waals surface area contributed by atoms with E-state index in [4.69, 9.17) is 0 Å². The Morgan fingerprint density at radius 2 is 1.54 bits per heavy atom. The second-order valence-electron chi connectivity index (χ2n) is 4.36. The molecule has 0 amide bonds. The van der Waals surface area contributed by atoms with E-state index < -0.39 is 0 Å². The smallest absolute Gasteiger partial charge is 0.00504 e. The van der Waals surface area contributed by atoms with Gasteiger partial charge in [-0.3, -0.25) is 0 Å². The highest BCUT2D eigenvalue weighted by Crippen LogP contribution is 2.43. The molecule has 1 aliphatic heterocycles. The van der Waals surface area contributed by atoms with Crippen molar-refractivity contribution in [2.24, 2.45) is 5.41 Å². The minimum Gasteiger partial charge on any atom is -0.302 e. The molecule has 1 heterocycles. The summed E-state index contributed by atoms with van der Waals surface area (Å²) in [5.41, 5.74) is 0.800. The van der Waals surface area contributed by atoms with Gasteiger partial charge in [-0.2, -0.15) is 0 Å². The van der Waals surface area contributed by atoms with Gasteiger partial charge >= 0.3 is 0 Å². The van der Waals surface area contributed by atoms with Gasteiger partial charge in [0.1, 0.15) is 0 Å². The lowest BCUT2D eigenvalue weighted by Gasteiger charge is -2.52. The average molecular weight is 183 g/mol. The van der Waals surface area contributed by atoms with Gasteiger partial charge in [0.25, 0.3) is 0 Å². The molecule has 78 valence electrons. The largest absolute Gasteiger partial charge is 0.302 e. The topological polar surface area (TPSA) is 3.24 Å². The average Bonchev–Trinajstić information content (AvgIpc) is 2.18. The molecule has 1 saturated carbocycles. The molecule has 0 radical (unpaired) electrons. The summed E-state index contributed by atoms with van der Waals surface area (Å²) in [6.45, 7) is 10.4. The van der Waals surface area contributed by atoms with Gasteiger partial charge in [0.2, 0.25) is 0 Å². The quantitative estimate of drug-likeness (QED) is 0.603. The van der Waals surface area contributed by atoms with E-state index >= 15 is 0 Å². The van der Waals surface area contributed by atoms with Crippen molar-refractivity contribution in [1.82, 2.24) is 4.90 Å². The van der Waals surface area contributed by atoms with Crippen molar-refractivity contribution in [2.45, 2.75) is 52.9 Å². The maximum absolute atomic E-state index is 2.57. The second-order valence-corrected chi connectivity index (χ2v) is 4.36. The Kier molecular flexibility index (Phi) is 4.24. The predicted molar refractivity (Wildman–Crippen MR) is 59.0 cm³/mol. The van der Waals surface area contributed by atoms with E-state index in [1.807, 2.05) is 13.8 Å². The first-order valence-corrected chi connectivity index (χ1v) is 6.07. The van der Waals surface area contributed by atoms with Crippen LogP contribution in [-0.2, 0) is 0 Å². The monoisotopic (exact) mass is 183 g/mol. The van der Waals surface area contributed by atoms with Crippen LogP contribution in [0.15, 0.2) is 0 Å². The fraction of sp³-hybridized carbons (Fsp3) is 1.00. The fourth-order valence-corrected chi connectivity index (χ4v) is 2.74. The molecule has 0 aromatic rings. The van der Waals surface area contributed by atoms with Crippen LogP contribution in [-0.4, -0.2) is 24.5 Å². The molecular formula is C12H25N. The Morgan fingerprint density at radius 1 is 1.00 bits per heavy atom. The van der Waals surface area contributed by atoms with Crippen LogP contribution in [0.5, 0.6) is 0 Å². The third kappa shape index (κ3) is 2.46. The molecule has 1 spiro atoms. The molecule has 1 aliphatic carbocycles. The zero-order valence-electron chi connectivity index (χ0n) is 9.60. The maximum Gasteiger partial charge on any atom is 0.00504 e. The summed E-state index contributed by atoms with van der Waals surface area (Å²) < 4.78 is 0. The van der Waals surface area contributed by atoms with Gasteiger partial charge in [0, 0.05) is 13.1 Å². The standard InChI is InChI=1S/C10H19N.C2H6/c1-2-11-8-10(9-11)6-4-3-5-7-10;1-2/h2-9H2,1H3;1-2H3. The number of hydrogen-bond acceptors (Lipinski definition) is 1. The van der Waals surface area contributed by atoms with Gasteiger partial charge in [-0.05, 0) is 24.8 Å². The first kappa shape index (κ1) is 11.0. The summed E-state index contributed by atoms with van der Waals surface area (Å²) in [5, 5.41) is 0. The molecule has 1 nitrogen and oxygen atoms in total. The van der Waals surface area contributed by atoms with Crippen LogP contribution in [0.1, 0.15) is 52.9 Å². The molecule has 0 unspecified atom stereocenters. The zero-order valence-corrected chi connectivity index (χ0v) is 9.60. The molecule has 0 atom stereocenters. The molecule has 2 rings (SSSR count). The van der Waals surface area contributed by atoms with Crippen molar-refractivity contribution in [1.29, 1.82) is 0 Å². The van der Waals surface area contributed by atoms with Gasteiger partial charge in [0.05, 0.1) is 0 Å². The molecule has 0 aromatic carbocycles. The van der Waals surface area contributed by atoms with Crippen molar-refractivity contribution in [3.05, 3.63) is 0 Å². The minimum absolute atomic E-state index is 0.800. The van der Waals surface area contributed by atoms with Crippen LogP contribution in [0.2, 0.25) is 0 Å². The van der Waals surface area contributed by atoms with Crippen LogP contribution in [0.4, 0.5) is 0 Å². The highest BCUT2D eigenvalue weighted by molar-refractivity contribution is 4.95. The molecular weight excluding hydrogens is 158 g/mol. The summed E-state index contributed by atoms with van der Waals surface area (Å²) in [7, 11) is 0. The summed E-state index contributed by atoms with van der Waals surface area (Å²) in [4.78, 5) is 2.57. The van der Waals surface area contributed by atoms with E-state index in [-0.39, 0.29) is 0 Å². The van der Waals surface area contributed by atoms with E-state index in [9.17, 15) is 0 Å². The third-order valence-electron chi connectivity index (χ3n) is 3.48. The van der Waals surface area contributed by atoms with Crippen LogP contribution in [0, 0.1) is 5.41 Å². The van der Waals surface area contributed by atoms with E-state index in [2.05, 4.69) is 11.8 Å². The van der Waals surface area contributed by atoms with Crippen molar-refractivity contribution >= 4 is 0 Å². The SMILES string of the molecule is CC.CCN1CC2(CCCCC2)C1. The molecule has 2 fully saturated rings. The zero-order chi connectivity index (χ0) is 9.73. The van der Waals surface area contributed by atoms with E-state index in [0.717, 1.165) is 5.41 Å². The van der Waals surface area contributed by atoms with Gasteiger partial charge in [-0.25, -0.2) is 0 Å². The number of rotatable bonds is 1. The second kappa shape index (κ2) is 4.99. The number of nitrogens with zero attached hydrogens (tertiary/aromatic N) is 1. The highest BCUT2D eigenvalue weighted by atomic mass is 15.2. The van der Waals surface area contributed by atoms with Crippen LogP contribution >= 0.6 is 0 Å². The first-order chi connectivity index (χ1) is 6.35. The third-order valence-corrected chi connectivity index (χ3v) is 3.48. The Hall–Kier alpha value is -0.0400. The van der Waals surface area contributed by atoms with E-state index in [1.165, 1.54) is 51.7 Å². The lowest BCUT2D eigenvalue weighted by atomic mass is 9.69. The van der Waals surface area contributed by atoms with Crippen molar-refractivity contribution in [2.75, 3.05) is 19.6 Å². The summed E-state index contributed by atoms with van der Waals surface area (Å²) in [6.07, 6.45) is 7.52.